The van der Waals surface area contributed by atoms with Gasteiger partial charge < -0.3 is 20.1 Å². The standard InChI is InChI=1S/C21H25N7O/c1-13-4-5-14(28-9-15(10-28)27(2)3)8-16(13)20(29)26-21(6-7-21)18-17-19(24-11-22-17)25-12-23-18/h4-5,8,11-12,15H,6-7,9-10H2,1-3H3,(H,26,29)(H,22,23,24,25). The molecule has 2 fully saturated rings. The number of likely N-dealkylation sites (N-methyl/N-ethyl adjacent to an activating group) is 1. The smallest absolute Gasteiger partial charge is 0.252 e. The fourth-order valence-corrected chi connectivity index (χ4v) is 4.00. The number of aryl methyl sites for hydroxylation is 1. The lowest BCUT2D eigenvalue weighted by atomic mass is 10.0. The highest BCUT2D eigenvalue weighted by Gasteiger charge is 2.49. The second-order valence-electron chi connectivity index (χ2n) is 8.38. The first kappa shape index (κ1) is 18.1. The molecule has 8 heteroatoms. The third kappa shape index (κ3) is 3.04. The highest BCUT2D eigenvalue weighted by Crippen LogP contribution is 2.46. The molecule has 1 aliphatic carbocycles. The minimum Gasteiger partial charge on any atom is -0.368 e. The van der Waals surface area contributed by atoms with E-state index in [0.717, 1.165) is 54.0 Å². The SMILES string of the molecule is Cc1ccc(N2CC(N(C)C)C2)cc1C(=O)NC1(c2ncnc3nc[nH]c23)CC1. The van der Waals surface area contributed by atoms with E-state index in [0.29, 0.717) is 11.7 Å². The van der Waals surface area contributed by atoms with Gasteiger partial charge >= 0.3 is 0 Å². The maximum absolute atomic E-state index is 13.2. The van der Waals surface area contributed by atoms with Gasteiger partial charge in [0.15, 0.2) is 5.65 Å². The van der Waals surface area contributed by atoms with Gasteiger partial charge in [0, 0.05) is 30.4 Å². The van der Waals surface area contributed by atoms with Gasteiger partial charge in [0.25, 0.3) is 5.91 Å². The molecular weight excluding hydrogens is 366 g/mol. The molecule has 1 aromatic carbocycles. The number of imidazole rings is 1. The molecule has 2 aromatic heterocycles. The van der Waals surface area contributed by atoms with Crippen molar-refractivity contribution in [1.82, 2.24) is 30.2 Å². The van der Waals surface area contributed by atoms with E-state index in [4.69, 9.17) is 0 Å². The van der Waals surface area contributed by atoms with Gasteiger partial charge in [0.1, 0.15) is 11.8 Å². The van der Waals surface area contributed by atoms with Crippen LogP contribution in [0, 0.1) is 6.92 Å². The molecule has 150 valence electrons. The maximum Gasteiger partial charge on any atom is 0.252 e. The van der Waals surface area contributed by atoms with E-state index >= 15 is 0 Å². The molecule has 8 nitrogen and oxygen atoms in total. The van der Waals surface area contributed by atoms with Crippen molar-refractivity contribution in [2.75, 3.05) is 32.1 Å². The number of amides is 1. The number of hydrogen-bond acceptors (Lipinski definition) is 6. The molecule has 0 unspecified atom stereocenters. The van der Waals surface area contributed by atoms with Crippen LogP contribution in [0.5, 0.6) is 0 Å². The maximum atomic E-state index is 13.2. The van der Waals surface area contributed by atoms with Gasteiger partial charge in [-0.05, 0) is 51.6 Å². The minimum atomic E-state index is -0.444. The normalized spacial score (nSPS) is 18.1. The summed E-state index contributed by atoms with van der Waals surface area (Å²) in [5.41, 5.74) is 4.59. The predicted octanol–water partition coefficient (Wildman–Crippen LogP) is 1.83. The quantitative estimate of drug-likeness (QED) is 0.690. The molecule has 0 radical (unpaired) electrons. The zero-order valence-corrected chi connectivity index (χ0v) is 16.9. The van der Waals surface area contributed by atoms with Gasteiger partial charge in [-0.1, -0.05) is 6.07 Å². The Hall–Kier alpha value is -3.00. The third-order valence-electron chi connectivity index (χ3n) is 6.20. The molecule has 1 amide bonds. The van der Waals surface area contributed by atoms with Crippen LogP contribution in [0.15, 0.2) is 30.9 Å². The molecule has 5 rings (SSSR count). The van der Waals surface area contributed by atoms with E-state index in [2.05, 4.69) is 55.2 Å². The summed E-state index contributed by atoms with van der Waals surface area (Å²) in [5.74, 6) is -0.0576. The van der Waals surface area contributed by atoms with Gasteiger partial charge in [-0.2, -0.15) is 0 Å². The lowest BCUT2D eigenvalue weighted by Gasteiger charge is -2.44. The second-order valence-corrected chi connectivity index (χ2v) is 8.38. The lowest BCUT2D eigenvalue weighted by Crippen LogP contribution is -2.57. The number of anilines is 1. The summed E-state index contributed by atoms with van der Waals surface area (Å²) in [7, 11) is 4.21. The molecule has 0 spiro atoms. The first-order valence-electron chi connectivity index (χ1n) is 9.96. The number of benzene rings is 1. The van der Waals surface area contributed by atoms with Crippen LogP contribution in [-0.2, 0) is 5.54 Å². The number of rotatable bonds is 5. The molecular formula is C21H25N7O. The fraction of sp³-hybridized carbons (Fsp3) is 0.429. The summed E-state index contributed by atoms with van der Waals surface area (Å²) in [5, 5.41) is 3.25. The van der Waals surface area contributed by atoms with Crippen LogP contribution >= 0.6 is 0 Å². The molecule has 3 aromatic rings. The average Bonchev–Trinajstić information content (AvgIpc) is 3.26. The number of fused-ring (bicyclic) bond motifs is 1. The van der Waals surface area contributed by atoms with Crippen LogP contribution in [-0.4, -0.2) is 64.0 Å². The number of aromatic amines is 1. The van der Waals surface area contributed by atoms with Crippen molar-refractivity contribution in [3.05, 3.63) is 47.7 Å². The average molecular weight is 391 g/mol. The van der Waals surface area contributed by atoms with E-state index in [1.807, 2.05) is 19.1 Å². The Morgan fingerprint density at radius 3 is 2.76 bits per heavy atom. The van der Waals surface area contributed by atoms with Gasteiger partial charge in [-0.25, -0.2) is 15.0 Å². The Morgan fingerprint density at radius 2 is 2.03 bits per heavy atom. The number of carbonyl (C=O) groups excluding carboxylic acids is 1. The molecule has 2 aliphatic rings. The fourth-order valence-electron chi connectivity index (χ4n) is 4.00. The van der Waals surface area contributed by atoms with Crippen LogP contribution in [0.1, 0.15) is 34.5 Å². The van der Waals surface area contributed by atoms with Crippen molar-refractivity contribution in [1.29, 1.82) is 0 Å². The van der Waals surface area contributed by atoms with E-state index in [9.17, 15) is 4.79 Å². The first-order valence-corrected chi connectivity index (χ1v) is 9.96. The van der Waals surface area contributed by atoms with Gasteiger partial charge in [0.05, 0.1) is 17.6 Å². The summed E-state index contributed by atoms with van der Waals surface area (Å²) >= 11 is 0. The number of carbonyl (C=O) groups is 1. The number of H-pyrrole nitrogens is 1. The Balaban J connectivity index is 1.39. The van der Waals surface area contributed by atoms with E-state index < -0.39 is 5.54 Å². The molecule has 0 bridgehead atoms. The van der Waals surface area contributed by atoms with E-state index in [1.54, 1.807) is 6.33 Å². The predicted molar refractivity (Wildman–Crippen MR) is 111 cm³/mol. The van der Waals surface area contributed by atoms with E-state index in [1.165, 1.54) is 6.33 Å². The van der Waals surface area contributed by atoms with Crippen LogP contribution in [0.3, 0.4) is 0 Å². The molecule has 3 heterocycles. The summed E-state index contributed by atoms with van der Waals surface area (Å²) in [6.07, 6.45) is 4.85. The van der Waals surface area contributed by atoms with Gasteiger partial charge in [-0.3, -0.25) is 4.79 Å². The molecule has 1 saturated carbocycles. The van der Waals surface area contributed by atoms with Crippen LogP contribution in [0.4, 0.5) is 5.69 Å². The van der Waals surface area contributed by atoms with Gasteiger partial charge in [-0.15, -0.1) is 0 Å². The summed E-state index contributed by atoms with van der Waals surface area (Å²) < 4.78 is 0. The molecule has 29 heavy (non-hydrogen) atoms. The zero-order valence-electron chi connectivity index (χ0n) is 16.9. The number of aromatic nitrogens is 4. The minimum absolute atomic E-state index is 0.0576. The van der Waals surface area contributed by atoms with Crippen LogP contribution < -0.4 is 10.2 Å². The number of hydrogen-bond donors (Lipinski definition) is 2. The highest BCUT2D eigenvalue weighted by atomic mass is 16.1. The third-order valence-corrected chi connectivity index (χ3v) is 6.20. The molecule has 0 atom stereocenters. The van der Waals surface area contributed by atoms with Crippen molar-refractivity contribution >= 4 is 22.8 Å². The number of nitrogens with zero attached hydrogens (tertiary/aromatic N) is 5. The van der Waals surface area contributed by atoms with Crippen LogP contribution in [0.2, 0.25) is 0 Å². The van der Waals surface area contributed by atoms with Crippen molar-refractivity contribution in [2.24, 2.45) is 0 Å². The van der Waals surface area contributed by atoms with Crippen molar-refractivity contribution < 1.29 is 4.79 Å². The lowest BCUT2D eigenvalue weighted by molar-refractivity contribution is 0.0929. The zero-order chi connectivity index (χ0) is 20.2. The first-order chi connectivity index (χ1) is 14.0. The number of nitrogens with one attached hydrogen (secondary N) is 2. The largest absolute Gasteiger partial charge is 0.368 e. The Morgan fingerprint density at radius 1 is 1.24 bits per heavy atom. The second kappa shape index (κ2) is 6.52. The van der Waals surface area contributed by atoms with E-state index in [-0.39, 0.29) is 5.91 Å². The molecule has 2 N–H and O–H groups in total. The Labute approximate surface area is 169 Å². The summed E-state index contributed by atoms with van der Waals surface area (Å²) in [6.45, 7) is 3.95. The molecule has 1 saturated heterocycles. The Bertz CT molecular complexity index is 1080. The molecule has 1 aliphatic heterocycles. The monoisotopic (exact) mass is 391 g/mol. The van der Waals surface area contributed by atoms with Crippen molar-refractivity contribution in [3.63, 3.8) is 0 Å². The topological polar surface area (TPSA) is 90.0 Å². The van der Waals surface area contributed by atoms with Crippen LogP contribution in [0.25, 0.3) is 11.2 Å². The van der Waals surface area contributed by atoms with Gasteiger partial charge in [0.2, 0.25) is 0 Å². The summed E-state index contributed by atoms with van der Waals surface area (Å²) in [6, 6.07) is 6.71. The summed E-state index contributed by atoms with van der Waals surface area (Å²) in [4.78, 5) is 33.7. The van der Waals surface area contributed by atoms with Crippen molar-refractivity contribution in [2.45, 2.75) is 31.3 Å². The highest BCUT2D eigenvalue weighted by molar-refractivity contribution is 5.97. The van der Waals surface area contributed by atoms with Crippen molar-refractivity contribution in [3.8, 4) is 0 Å². The Kier molecular flexibility index (Phi) is 4.06.